The molecule has 2 heterocycles. The lowest BCUT2D eigenvalue weighted by Crippen LogP contribution is -2.47. The van der Waals surface area contributed by atoms with Crippen LogP contribution < -0.4 is 0 Å². The second-order valence-corrected chi connectivity index (χ2v) is 6.59. The summed E-state index contributed by atoms with van der Waals surface area (Å²) >= 11 is 1.93. The van der Waals surface area contributed by atoms with Gasteiger partial charge in [-0.3, -0.25) is 9.58 Å². The Morgan fingerprint density at radius 3 is 3.05 bits per heavy atom. The van der Waals surface area contributed by atoms with Gasteiger partial charge in [-0.25, -0.2) is 0 Å². The molecular formula is C14H25N3OS. The Kier molecular flexibility index (Phi) is 5.30. The fraction of sp³-hybridized carbons (Fsp3) is 0.786. The molecule has 108 valence electrons. The Bertz CT molecular complexity index is 396. The monoisotopic (exact) mass is 283 g/mol. The summed E-state index contributed by atoms with van der Waals surface area (Å²) < 4.78 is 2.00. The maximum Gasteiger partial charge on any atom is 0.0759 e. The van der Waals surface area contributed by atoms with Crippen molar-refractivity contribution < 1.29 is 5.11 Å². The van der Waals surface area contributed by atoms with Crippen LogP contribution in [0.2, 0.25) is 0 Å². The summed E-state index contributed by atoms with van der Waals surface area (Å²) in [7, 11) is 2.10. The van der Waals surface area contributed by atoms with Gasteiger partial charge in [-0.15, -0.1) is 0 Å². The molecule has 1 aromatic heterocycles. The number of rotatable bonds is 5. The molecule has 1 fully saturated rings. The smallest absolute Gasteiger partial charge is 0.0759 e. The summed E-state index contributed by atoms with van der Waals surface area (Å²) in [6.45, 7) is 5.39. The molecule has 5 heteroatoms. The van der Waals surface area contributed by atoms with E-state index in [1.165, 1.54) is 5.75 Å². The average molecular weight is 283 g/mol. The van der Waals surface area contributed by atoms with Crippen LogP contribution in [0.15, 0.2) is 12.3 Å². The van der Waals surface area contributed by atoms with Crippen molar-refractivity contribution in [1.29, 1.82) is 0 Å². The van der Waals surface area contributed by atoms with Crippen molar-refractivity contribution in [3.05, 3.63) is 18.0 Å². The number of aromatic nitrogens is 2. The quantitative estimate of drug-likeness (QED) is 0.895. The van der Waals surface area contributed by atoms with Crippen LogP contribution in [0.1, 0.15) is 32.0 Å². The van der Waals surface area contributed by atoms with Gasteiger partial charge in [-0.1, -0.05) is 6.92 Å². The zero-order valence-electron chi connectivity index (χ0n) is 12.1. The van der Waals surface area contributed by atoms with Gasteiger partial charge in [-0.2, -0.15) is 16.9 Å². The van der Waals surface area contributed by atoms with Crippen LogP contribution in [-0.2, 0) is 6.42 Å². The fourth-order valence-corrected chi connectivity index (χ4v) is 3.68. The Hall–Kier alpha value is -0.520. The third-order valence-corrected chi connectivity index (χ3v) is 5.06. The number of aliphatic hydroxyl groups is 1. The maximum absolute atomic E-state index is 10.4. The number of aliphatic hydroxyl groups excluding tert-OH is 1. The third-order valence-electron chi connectivity index (χ3n) is 4.01. The summed E-state index contributed by atoms with van der Waals surface area (Å²) in [5.74, 6) is 2.19. The Labute approximate surface area is 120 Å². The lowest BCUT2D eigenvalue weighted by molar-refractivity contribution is 0.0754. The molecule has 4 nitrogen and oxygen atoms in total. The standard InChI is InChI=1S/C14H25N3OS/c1-4-11(2)17-6-5-12(15-17)9-14(18)13-10-19-8-7-16(13)3/h5-6,11,13-14,18H,4,7-10H2,1-3H3. The van der Waals surface area contributed by atoms with E-state index in [9.17, 15) is 5.11 Å². The van der Waals surface area contributed by atoms with Crippen LogP contribution in [0.4, 0.5) is 0 Å². The molecule has 3 atom stereocenters. The highest BCUT2D eigenvalue weighted by molar-refractivity contribution is 7.99. The minimum atomic E-state index is -0.321. The largest absolute Gasteiger partial charge is 0.391 e. The van der Waals surface area contributed by atoms with Crippen LogP contribution in [0.3, 0.4) is 0 Å². The number of hydrogen-bond donors (Lipinski definition) is 1. The minimum absolute atomic E-state index is 0.257. The normalized spacial score (nSPS) is 24.3. The number of thioether (sulfide) groups is 1. The molecule has 0 spiro atoms. The van der Waals surface area contributed by atoms with Crippen LogP contribution >= 0.6 is 11.8 Å². The van der Waals surface area contributed by atoms with Gasteiger partial charge in [0.15, 0.2) is 0 Å². The van der Waals surface area contributed by atoms with Gasteiger partial charge in [0, 0.05) is 42.8 Å². The average Bonchev–Trinajstić information content (AvgIpc) is 2.86. The van der Waals surface area contributed by atoms with Gasteiger partial charge < -0.3 is 5.11 Å². The first kappa shape index (κ1) is 14.9. The maximum atomic E-state index is 10.4. The number of hydrogen-bond acceptors (Lipinski definition) is 4. The molecule has 1 N–H and O–H groups in total. The number of nitrogens with zero attached hydrogens (tertiary/aromatic N) is 3. The first-order valence-electron chi connectivity index (χ1n) is 7.12. The molecule has 19 heavy (non-hydrogen) atoms. The Balaban J connectivity index is 1.94. The van der Waals surface area contributed by atoms with E-state index >= 15 is 0 Å². The van der Waals surface area contributed by atoms with E-state index in [-0.39, 0.29) is 12.1 Å². The molecule has 0 saturated carbocycles. The van der Waals surface area contributed by atoms with Gasteiger partial charge in [0.25, 0.3) is 0 Å². The second-order valence-electron chi connectivity index (χ2n) is 5.44. The van der Waals surface area contributed by atoms with E-state index in [0.29, 0.717) is 12.5 Å². The van der Waals surface area contributed by atoms with Crippen molar-refractivity contribution in [3.63, 3.8) is 0 Å². The van der Waals surface area contributed by atoms with Crippen LogP contribution in [-0.4, -0.2) is 57.0 Å². The number of likely N-dealkylation sites (N-methyl/N-ethyl adjacent to an activating group) is 1. The lowest BCUT2D eigenvalue weighted by Gasteiger charge is -2.35. The summed E-state index contributed by atoms with van der Waals surface area (Å²) in [5.41, 5.74) is 0.997. The molecule has 0 bridgehead atoms. The van der Waals surface area contributed by atoms with Crippen molar-refractivity contribution >= 4 is 11.8 Å². The van der Waals surface area contributed by atoms with Crippen LogP contribution in [0.5, 0.6) is 0 Å². The molecule has 1 aliphatic heterocycles. The Morgan fingerprint density at radius 2 is 2.37 bits per heavy atom. The lowest BCUT2D eigenvalue weighted by atomic mass is 10.1. The van der Waals surface area contributed by atoms with Crippen molar-refractivity contribution in [2.75, 3.05) is 25.1 Å². The first-order chi connectivity index (χ1) is 9.11. The van der Waals surface area contributed by atoms with Crippen molar-refractivity contribution in [2.45, 2.75) is 44.9 Å². The second kappa shape index (κ2) is 6.77. The summed E-state index contributed by atoms with van der Waals surface area (Å²) in [6.07, 6.45) is 3.43. The van der Waals surface area contributed by atoms with Crippen LogP contribution in [0, 0.1) is 0 Å². The first-order valence-corrected chi connectivity index (χ1v) is 8.27. The highest BCUT2D eigenvalue weighted by Crippen LogP contribution is 2.19. The zero-order chi connectivity index (χ0) is 13.8. The molecule has 3 unspecified atom stereocenters. The Morgan fingerprint density at radius 1 is 1.58 bits per heavy atom. The summed E-state index contributed by atoms with van der Waals surface area (Å²) in [6, 6.07) is 2.72. The molecule has 0 radical (unpaired) electrons. The minimum Gasteiger partial charge on any atom is -0.391 e. The summed E-state index contributed by atoms with van der Waals surface area (Å²) in [4.78, 5) is 2.27. The molecular weight excluding hydrogens is 258 g/mol. The molecule has 0 aromatic carbocycles. The summed E-state index contributed by atoms with van der Waals surface area (Å²) in [5, 5.41) is 15.0. The topological polar surface area (TPSA) is 41.3 Å². The van der Waals surface area contributed by atoms with Crippen molar-refractivity contribution in [3.8, 4) is 0 Å². The predicted molar refractivity (Wildman–Crippen MR) is 80.7 cm³/mol. The van der Waals surface area contributed by atoms with Crippen LogP contribution in [0.25, 0.3) is 0 Å². The SMILES string of the molecule is CCC(C)n1ccc(CC(O)C2CSCCN2C)n1. The highest BCUT2D eigenvalue weighted by atomic mass is 32.2. The van der Waals surface area contributed by atoms with Crippen molar-refractivity contribution in [2.24, 2.45) is 0 Å². The fourth-order valence-electron chi connectivity index (χ4n) is 2.38. The molecule has 1 aromatic rings. The van der Waals surface area contributed by atoms with Crippen molar-refractivity contribution in [1.82, 2.24) is 14.7 Å². The molecule has 2 rings (SSSR count). The van der Waals surface area contributed by atoms with Gasteiger partial charge in [0.2, 0.25) is 0 Å². The van der Waals surface area contributed by atoms with Gasteiger partial charge in [0.05, 0.1) is 11.8 Å². The van der Waals surface area contributed by atoms with E-state index < -0.39 is 0 Å². The molecule has 0 aliphatic carbocycles. The van der Waals surface area contributed by atoms with Gasteiger partial charge >= 0.3 is 0 Å². The molecule has 1 saturated heterocycles. The van der Waals surface area contributed by atoms with E-state index in [4.69, 9.17) is 0 Å². The third kappa shape index (κ3) is 3.74. The van der Waals surface area contributed by atoms with Gasteiger partial charge in [0.1, 0.15) is 0 Å². The predicted octanol–water partition coefficient (Wildman–Crippen LogP) is 1.80. The van der Waals surface area contributed by atoms with E-state index in [1.807, 2.05) is 28.7 Å². The zero-order valence-corrected chi connectivity index (χ0v) is 12.9. The highest BCUT2D eigenvalue weighted by Gasteiger charge is 2.27. The van der Waals surface area contributed by atoms with E-state index in [1.54, 1.807) is 0 Å². The van der Waals surface area contributed by atoms with E-state index in [0.717, 1.165) is 24.4 Å². The van der Waals surface area contributed by atoms with Gasteiger partial charge in [-0.05, 0) is 26.5 Å². The molecule has 1 aliphatic rings. The molecule has 0 amide bonds. The van der Waals surface area contributed by atoms with E-state index in [2.05, 4.69) is 30.9 Å².